The van der Waals surface area contributed by atoms with Crippen molar-refractivity contribution < 1.29 is 4.74 Å². The van der Waals surface area contributed by atoms with Gasteiger partial charge in [0, 0.05) is 35.1 Å². The molecule has 1 aliphatic heterocycles. The van der Waals surface area contributed by atoms with Gasteiger partial charge in [0.15, 0.2) is 10.4 Å². The van der Waals surface area contributed by atoms with Crippen LogP contribution in [0, 0.1) is 4.77 Å². The average Bonchev–Trinajstić information content (AvgIpc) is 2.76. The molecule has 0 bridgehead atoms. The Morgan fingerprint density at radius 1 is 1.53 bits per heavy atom. The van der Waals surface area contributed by atoms with Crippen LogP contribution in [0.1, 0.15) is 0 Å². The maximum Gasteiger partial charge on any atom is 0.215 e. The average molecular weight is 313 g/mol. The fourth-order valence-corrected chi connectivity index (χ4v) is 5.07. The van der Waals surface area contributed by atoms with E-state index in [4.69, 9.17) is 17.0 Å². The van der Waals surface area contributed by atoms with Crippen molar-refractivity contribution in [1.29, 1.82) is 0 Å². The zero-order valence-electron chi connectivity index (χ0n) is 10.6. The van der Waals surface area contributed by atoms with E-state index in [2.05, 4.69) is 14.5 Å². The number of nitrogens with zero attached hydrogens (tertiary/aromatic N) is 2. The lowest BCUT2D eigenvalue weighted by atomic mass is 10.4. The lowest BCUT2D eigenvalue weighted by Gasteiger charge is -2.21. The number of thioether (sulfide) groups is 2. The summed E-state index contributed by atoms with van der Waals surface area (Å²) in [6, 6.07) is 3.82. The lowest BCUT2D eigenvalue weighted by Crippen LogP contribution is -2.20. The minimum atomic E-state index is 0.609. The number of hydrogen-bond acceptors (Lipinski definition) is 5. The van der Waals surface area contributed by atoms with Gasteiger partial charge in [0.05, 0.1) is 12.6 Å². The van der Waals surface area contributed by atoms with Gasteiger partial charge in [-0.1, -0.05) is 0 Å². The van der Waals surface area contributed by atoms with E-state index in [0.717, 1.165) is 22.5 Å². The largest absolute Gasteiger partial charge is 0.481 e. The number of H-pyrrole nitrogens is 1. The Bertz CT molecular complexity index is 631. The van der Waals surface area contributed by atoms with Crippen molar-refractivity contribution in [3.05, 3.63) is 16.9 Å². The van der Waals surface area contributed by atoms with Crippen LogP contribution in [0.5, 0.6) is 5.88 Å². The van der Waals surface area contributed by atoms with Gasteiger partial charge in [0.25, 0.3) is 0 Å². The van der Waals surface area contributed by atoms with Crippen molar-refractivity contribution in [1.82, 2.24) is 14.5 Å². The zero-order chi connectivity index (χ0) is 13.2. The fourth-order valence-electron chi connectivity index (χ4n) is 2.14. The van der Waals surface area contributed by atoms with Gasteiger partial charge in [-0.25, -0.2) is 0 Å². The number of hydrogen-bond donors (Lipinski definition) is 1. The summed E-state index contributed by atoms with van der Waals surface area (Å²) in [5.41, 5.74) is 1.86. The Labute approximate surface area is 125 Å². The molecule has 19 heavy (non-hydrogen) atoms. The van der Waals surface area contributed by atoms with E-state index in [1.807, 2.05) is 35.7 Å². The van der Waals surface area contributed by atoms with Gasteiger partial charge in [-0.2, -0.15) is 28.5 Å². The van der Waals surface area contributed by atoms with E-state index in [1.54, 1.807) is 7.11 Å². The SMILES string of the molecule is COc1ccc2[nH]c(=S)n(CC3CSCCS3)c2n1. The summed E-state index contributed by atoms with van der Waals surface area (Å²) in [5, 5.41) is 0.609. The maximum atomic E-state index is 5.41. The van der Waals surface area contributed by atoms with Gasteiger partial charge in [0.2, 0.25) is 5.88 Å². The number of aromatic nitrogens is 3. The van der Waals surface area contributed by atoms with Crippen molar-refractivity contribution >= 4 is 46.9 Å². The van der Waals surface area contributed by atoms with E-state index in [9.17, 15) is 0 Å². The molecule has 7 heteroatoms. The minimum Gasteiger partial charge on any atom is -0.481 e. The second-order valence-corrected chi connectivity index (χ2v) is 7.28. The second kappa shape index (κ2) is 5.76. The zero-order valence-corrected chi connectivity index (χ0v) is 13.0. The number of aromatic amines is 1. The van der Waals surface area contributed by atoms with Gasteiger partial charge >= 0.3 is 0 Å². The number of pyridine rings is 1. The number of imidazole rings is 1. The highest BCUT2D eigenvalue weighted by Gasteiger charge is 2.17. The van der Waals surface area contributed by atoms with E-state index < -0.39 is 0 Å². The quantitative estimate of drug-likeness (QED) is 0.883. The molecule has 1 saturated heterocycles. The smallest absolute Gasteiger partial charge is 0.215 e. The molecular formula is C12H15N3OS3. The molecular weight excluding hydrogens is 298 g/mol. The number of fused-ring (bicyclic) bond motifs is 1. The molecule has 1 unspecified atom stereocenters. The molecule has 2 aromatic heterocycles. The molecule has 1 fully saturated rings. The van der Waals surface area contributed by atoms with Gasteiger partial charge < -0.3 is 14.3 Å². The Morgan fingerprint density at radius 3 is 3.16 bits per heavy atom. The second-order valence-electron chi connectivity index (χ2n) is 4.33. The van der Waals surface area contributed by atoms with Crippen molar-refractivity contribution in [2.75, 3.05) is 24.4 Å². The Kier molecular flexibility index (Phi) is 4.04. The Balaban J connectivity index is 1.96. The molecule has 3 heterocycles. The number of nitrogens with one attached hydrogen (secondary N) is 1. The summed E-state index contributed by atoms with van der Waals surface area (Å²) >= 11 is 9.46. The number of rotatable bonds is 3. The normalized spacial score (nSPS) is 19.7. The summed E-state index contributed by atoms with van der Waals surface area (Å²) in [7, 11) is 1.63. The first-order chi connectivity index (χ1) is 9.28. The molecule has 3 rings (SSSR count). The molecule has 1 atom stereocenters. The van der Waals surface area contributed by atoms with E-state index in [-0.39, 0.29) is 0 Å². The minimum absolute atomic E-state index is 0.609. The molecule has 4 nitrogen and oxygen atoms in total. The molecule has 0 amide bonds. The molecule has 2 aromatic rings. The Hall–Kier alpha value is -0.660. The highest BCUT2D eigenvalue weighted by Crippen LogP contribution is 2.26. The van der Waals surface area contributed by atoms with Gasteiger partial charge in [0.1, 0.15) is 0 Å². The summed E-state index contributed by atoms with van der Waals surface area (Å²) < 4.78 is 8.03. The first-order valence-electron chi connectivity index (χ1n) is 6.11. The van der Waals surface area contributed by atoms with Crippen molar-refractivity contribution in [3.8, 4) is 5.88 Å². The third-order valence-electron chi connectivity index (χ3n) is 3.07. The fraction of sp³-hybridized carbons (Fsp3) is 0.500. The van der Waals surface area contributed by atoms with Crippen molar-refractivity contribution in [2.24, 2.45) is 0 Å². The van der Waals surface area contributed by atoms with Crippen LogP contribution in [0.4, 0.5) is 0 Å². The van der Waals surface area contributed by atoms with Crippen LogP contribution >= 0.6 is 35.7 Å². The third kappa shape index (κ3) is 2.78. The molecule has 0 spiro atoms. The van der Waals surface area contributed by atoms with Crippen LogP contribution in [0.25, 0.3) is 11.2 Å². The summed E-state index contributed by atoms with van der Waals surface area (Å²) in [4.78, 5) is 7.72. The van der Waals surface area contributed by atoms with Crippen LogP contribution in [-0.4, -0.2) is 44.2 Å². The summed E-state index contributed by atoms with van der Waals surface area (Å²) in [5.74, 6) is 4.29. The molecule has 0 saturated carbocycles. The molecule has 0 radical (unpaired) electrons. The highest BCUT2D eigenvalue weighted by molar-refractivity contribution is 8.06. The first-order valence-corrected chi connectivity index (χ1v) is 8.72. The van der Waals surface area contributed by atoms with Crippen LogP contribution < -0.4 is 4.74 Å². The number of ether oxygens (including phenoxy) is 1. The van der Waals surface area contributed by atoms with E-state index in [0.29, 0.717) is 11.1 Å². The molecule has 102 valence electrons. The highest BCUT2D eigenvalue weighted by atomic mass is 32.2. The predicted molar refractivity (Wildman–Crippen MR) is 85.0 cm³/mol. The lowest BCUT2D eigenvalue weighted by molar-refractivity contribution is 0.399. The predicted octanol–water partition coefficient (Wildman–Crippen LogP) is 2.95. The standard InChI is InChI=1S/C12H15N3OS3/c1-16-10-3-2-9-11(14-10)15(12(17)13-9)6-8-7-18-4-5-19-8/h2-3,8H,4-7H2,1H3,(H,13,17). The van der Waals surface area contributed by atoms with E-state index >= 15 is 0 Å². The van der Waals surface area contributed by atoms with Crippen LogP contribution in [0.2, 0.25) is 0 Å². The Morgan fingerprint density at radius 2 is 2.42 bits per heavy atom. The van der Waals surface area contributed by atoms with Crippen LogP contribution in [0.3, 0.4) is 0 Å². The number of methoxy groups -OCH3 is 1. The van der Waals surface area contributed by atoms with Gasteiger partial charge in [-0.05, 0) is 18.3 Å². The van der Waals surface area contributed by atoms with Crippen LogP contribution in [-0.2, 0) is 6.54 Å². The van der Waals surface area contributed by atoms with Gasteiger partial charge in [-0.15, -0.1) is 0 Å². The molecule has 1 N–H and O–H groups in total. The first kappa shape index (κ1) is 13.3. The summed E-state index contributed by atoms with van der Waals surface area (Å²) in [6.07, 6.45) is 0. The molecule has 0 aromatic carbocycles. The van der Waals surface area contributed by atoms with Crippen molar-refractivity contribution in [3.63, 3.8) is 0 Å². The maximum absolute atomic E-state index is 5.41. The van der Waals surface area contributed by atoms with Crippen LogP contribution in [0.15, 0.2) is 12.1 Å². The van der Waals surface area contributed by atoms with Gasteiger partial charge in [-0.3, -0.25) is 0 Å². The molecule has 0 aliphatic carbocycles. The monoisotopic (exact) mass is 313 g/mol. The third-order valence-corrected chi connectivity index (χ3v) is 6.22. The molecule has 1 aliphatic rings. The topological polar surface area (TPSA) is 42.8 Å². The van der Waals surface area contributed by atoms with Crippen molar-refractivity contribution in [2.45, 2.75) is 11.8 Å². The van der Waals surface area contributed by atoms with E-state index in [1.165, 1.54) is 17.3 Å². The summed E-state index contributed by atoms with van der Waals surface area (Å²) in [6.45, 7) is 0.913.